The first kappa shape index (κ1) is 16.8. The fourth-order valence-electron chi connectivity index (χ4n) is 2.80. The maximum atomic E-state index is 12.3. The van der Waals surface area contributed by atoms with E-state index in [1.165, 1.54) is 0 Å². The molecule has 19 heavy (non-hydrogen) atoms. The molecule has 0 saturated carbocycles. The van der Waals surface area contributed by atoms with Crippen molar-refractivity contribution in [2.45, 2.75) is 59.7 Å². The zero-order valence-corrected chi connectivity index (χ0v) is 13.6. The number of alkyl halides is 1. The van der Waals surface area contributed by atoms with Gasteiger partial charge in [0.2, 0.25) is 5.91 Å². The quantitative estimate of drug-likeness (QED) is 0.763. The number of nitrogens with one attached hydrogen (secondary N) is 1. The Morgan fingerprint density at radius 3 is 2.37 bits per heavy atom. The molecular formula is C15H28ClNO2. The number of halogens is 1. The summed E-state index contributed by atoms with van der Waals surface area (Å²) in [6, 6.07) is 0. The lowest BCUT2D eigenvalue weighted by molar-refractivity contribution is -0.127. The average Bonchev–Trinajstić information content (AvgIpc) is 2.58. The zero-order chi connectivity index (χ0) is 14.6. The minimum atomic E-state index is -0.0289. The molecule has 0 aromatic rings. The summed E-state index contributed by atoms with van der Waals surface area (Å²) in [6.45, 7) is 11.2. The Kier molecular flexibility index (Phi) is 6.13. The van der Waals surface area contributed by atoms with Crippen LogP contribution in [0.5, 0.6) is 0 Å². The third-order valence-corrected chi connectivity index (χ3v) is 4.54. The molecule has 0 aliphatic carbocycles. The molecule has 3 nitrogen and oxygen atoms in total. The van der Waals surface area contributed by atoms with E-state index in [0.29, 0.717) is 12.4 Å². The van der Waals surface area contributed by atoms with E-state index in [-0.39, 0.29) is 35.4 Å². The summed E-state index contributed by atoms with van der Waals surface area (Å²) in [5.74, 6) is 1.06. The van der Waals surface area contributed by atoms with Crippen molar-refractivity contribution in [3.63, 3.8) is 0 Å². The van der Waals surface area contributed by atoms with Crippen LogP contribution in [-0.2, 0) is 9.53 Å². The fraction of sp³-hybridized carbons (Fsp3) is 0.933. The summed E-state index contributed by atoms with van der Waals surface area (Å²) in [6.07, 6.45) is 2.19. The summed E-state index contributed by atoms with van der Waals surface area (Å²) < 4.78 is 5.73. The van der Waals surface area contributed by atoms with Crippen LogP contribution in [0, 0.1) is 17.3 Å². The molecule has 4 unspecified atom stereocenters. The van der Waals surface area contributed by atoms with Gasteiger partial charge in [0.15, 0.2) is 0 Å². The van der Waals surface area contributed by atoms with Crippen molar-refractivity contribution in [1.29, 1.82) is 0 Å². The van der Waals surface area contributed by atoms with Crippen LogP contribution in [0.4, 0.5) is 0 Å². The second-order valence-corrected chi connectivity index (χ2v) is 6.98. The predicted octanol–water partition coefficient (Wildman–Crippen LogP) is 3.21. The predicted molar refractivity (Wildman–Crippen MR) is 79.4 cm³/mol. The molecule has 1 N–H and O–H groups in total. The third kappa shape index (κ3) is 4.64. The van der Waals surface area contributed by atoms with Gasteiger partial charge in [0.05, 0.1) is 18.1 Å². The summed E-state index contributed by atoms with van der Waals surface area (Å²) >= 11 is 5.72. The van der Waals surface area contributed by atoms with Gasteiger partial charge in [-0.1, -0.05) is 20.8 Å². The van der Waals surface area contributed by atoms with Crippen molar-refractivity contribution in [1.82, 2.24) is 5.32 Å². The van der Waals surface area contributed by atoms with E-state index in [1.807, 2.05) is 13.8 Å². The first-order valence-electron chi connectivity index (χ1n) is 7.27. The van der Waals surface area contributed by atoms with Crippen molar-refractivity contribution in [3.8, 4) is 0 Å². The lowest BCUT2D eigenvalue weighted by Gasteiger charge is -2.26. The van der Waals surface area contributed by atoms with Crippen LogP contribution in [0.15, 0.2) is 0 Å². The Bertz CT molecular complexity index is 307. The highest BCUT2D eigenvalue weighted by molar-refractivity contribution is 6.17. The van der Waals surface area contributed by atoms with Gasteiger partial charge in [-0.2, -0.15) is 0 Å². The van der Waals surface area contributed by atoms with Crippen LogP contribution in [-0.4, -0.2) is 30.5 Å². The number of hydrogen-bond acceptors (Lipinski definition) is 2. The minimum Gasteiger partial charge on any atom is -0.374 e. The van der Waals surface area contributed by atoms with Crippen LogP contribution >= 0.6 is 11.6 Å². The van der Waals surface area contributed by atoms with E-state index in [0.717, 1.165) is 12.8 Å². The summed E-state index contributed by atoms with van der Waals surface area (Å²) in [7, 11) is 0. The SMILES string of the molecule is CC1OC(C)C(C(=O)NCC(C)(C)CCCCl)C1C. The maximum Gasteiger partial charge on any atom is 0.226 e. The minimum absolute atomic E-state index is 0.0101. The molecule has 4 atom stereocenters. The Morgan fingerprint density at radius 1 is 1.26 bits per heavy atom. The Labute approximate surface area is 122 Å². The highest BCUT2D eigenvalue weighted by Crippen LogP contribution is 2.32. The Balaban J connectivity index is 2.47. The molecule has 1 rings (SSSR count). The Morgan fingerprint density at radius 2 is 1.89 bits per heavy atom. The second-order valence-electron chi connectivity index (χ2n) is 6.61. The Hall–Kier alpha value is -0.280. The monoisotopic (exact) mass is 289 g/mol. The van der Waals surface area contributed by atoms with Gasteiger partial charge in [-0.05, 0) is 38.0 Å². The molecular weight excluding hydrogens is 262 g/mol. The molecule has 0 aromatic carbocycles. The van der Waals surface area contributed by atoms with E-state index >= 15 is 0 Å². The maximum absolute atomic E-state index is 12.3. The molecule has 1 aliphatic heterocycles. The molecule has 1 heterocycles. The summed E-state index contributed by atoms with van der Waals surface area (Å²) in [5.41, 5.74) is 0.0993. The van der Waals surface area contributed by atoms with Crippen molar-refractivity contribution in [2.75, 3.05) is 12.4 Å². The van der Waals surface area contributed by atoms with E-state index in [4.69, 9.17) is 16.3 Å². The van der Waals surface area contributed by atoms with Gasteiger partial charge in [0.25, 0.3) is 0 Å². The van der Waals surface area contributed by atoms with Gasteiger partial charge in [-0.25, -0.2) is 0 Å². The van der Waals surface area contributed by atoms with Crippen molar-refractivity contribution in [3.05, 3.63) is 0 Å². The highest BCUT2D eigenvalue weighted by Gasteiger charge is 2.41. The fourth-order valence-corrected chi connectivity index (χ4v) is 2.93. The first-order chi connectivity index (χ1) is 8.78. The van der Waals surface area contributed by atoms with Crippen LogP contribution in [0.3, 0.4) is 0 Å². The third-order valence-electron chi connectivity index (χ3n) is 4.27. The molecule has 1 amide bonds. The number of carbonyl (C=O) groups is 1. The van der Waals surface area contributed by atoms with Crippen molar-refractivity contribution >= 4 is 17.5 Å². The van der Waals surface area contributed by atoms with E-state index in [1.54, 1.807) is 0 Å². The van der Waals surface area contributed by atoms with Crippen LogP contribution in [0.2, 0.25) is 0 Å². The molecule has 0 bridgehead atoms. The normalized spacial score (nSPS) is 31.5. The topological polar surface area (TPSA) is 38.3 Å². The second kappa shape index (κ2) is 6.94. The molecule has 0 aromatic heterocycles. The van der Waals surface area contributed by atoms with Gasteiger partial charge in [-0.15, -0.1) is 11.6 Å². The standard InChI is InChI=1S/C15H28ClNO2/c1-10-11(2)19-12(3)13(10)14(18)17-9-15(4,5)7-6-8-16/h10-13H,6-9H2,1-5H3,(H,17,18). The number of hydrogen-bond donors (Lipinski definition) is 1. The van der Waals surface area contributed by atoms with Gasteiger partial charge in [0.1, 0.15) is 0 Å². The van der Waals surface area contributed by atoms with E-state index in [2.05, 4.69) is 26.1 Å². The largest absolute Gasteiger partial charge is 0.374 e. The van der Waals surface area contributed by atoms with Gasteiger partial charge < -0.3 is 10.1 Å². The van der Waals surface area contributed by atoms with Crippen molar-refractivity contribution in [2.24, 2.45) is 17.3 Å². The molecule has 1 aliphatic rings. The van der Waals surface area contributed by atoms with Gasteiger partial charge in [0, 0.05) is 12.4 Å². The molecule has 1 fully saturated rings. The molecule has 4 heteroatoms. The lowest BCUT2D eigenvalue weighted by atomic mass is 9.86. The lowest BCUT2D eigenvalue weighted by Crippen LogP contribution is -2.41. The molecule has 112 valence electrons. The summed E-state index contributed by atoms with van der Waals surface area (Å²) in [4.78, 5) is 12.3. The van der Waals surface area contributed by atoms with E-state index < -0.39 is 0 Å². The first-order valence-corrected chi connectivity index (χ1v) is 7.81. The smallest absolute Gasteiger partial charge is 0.226 e. The van der Waals surface area contributed by atoms with Crippen LogP contribution in [0.25, 0.3) is 0 Å². The number of rotatable bonds is 6. The van der Waals surface area contributed by atoms with Gasteiger partial charge in [-0.3, -0.25) is 4.79 Å². The number of amides is 1. The van der Waals surface area contributed by atoms with Crippen molar-refractivity contribution < 1.29 is 9.53 Å². The number of ether oxygens (including phenoxy) is 1. The zero-order valence-electron chi connectivity index (χ0n) is 12.8. The van der Waals surface area contributed by atoms with Crippen LogP contribution in [0.1, 0.15) is 47.5 Å². The summed E-state index contributed by atoms with van der Waals surface area (Å²) in [5, 5.41) is 3.09. The molecule has 1 saturated heterocycles. The average molecular weight is 290 g/mol. The molecule has 0 radical (unpaired) electrons. The number of carbonyl (C=O) groups excluding carboxylic acids is 1. The van der Waals surface area contributed by atoms with Gasteiger partial charge >= 0.3 is 0 Å². The highest BCUT2D eigenvalue weighted by atomic mass is 35.5. The van der Waals surface area contributed by atoms with Crippen LogP contribution < -0.4 is 5.32 Å². The van der Waals surface area contributed by atoms with E-state index in [9.17, 15) is 4.79 Å². The molecule has 0 spiro atoms.